The number of rotatable bonds is 8. The molecule has 1 aliphatic carbocycles. The van der Waals surface area contributed by atoms with Crippen LogP contribution in [0.4, 0.5) is 14.5 Å². The maximum absolute atomic E-state index is 14.7. The van der Waals surface area contributed by atoms with E-state index in [9.17, 15) is 8.78 Å². The summed E-state index contributed by atoms with van der Waals surface area (Å²) >= 11 is 2.11. The molecule has 7 nitrogen and oxygen atoms in total. The maximum Gasteiger partial charge on any atom is 0.186 e. The molecule has 3 aromatic heterocycles. The molecule has 2 N–H and O–H groups in total. The highest BCUT2D eigenvalue weighted by atomic mass is 127. The number of halogens is 3. The van der Waals surface area contributed by atoms with E-state index in [2.05, 4.69) is 52.4 Å². The van der Waals surface area contributed by atoms with Crippen LogP contribution in [0.3, 0.4) is 0 Å². The van der Waals surface area contributed by atoms with E-state index in [4.69, 9.17) is 15.5 Å². The van der Waals surface area contributed by atoms with Crippen molar-refractivity contribution in [2.75, 3.05) is 12.3 Å². The molecular formula is C24H27F2IN6OSi. The number of pyridine rings is 1. The number of aromatic nitrogens is 5. The molecule has 4 aromatic rings. The van der Waals surface area contributed by atoms with Crippen molar-refractivity contribution < 1.29 is 13.5 Å². The highest BCUT2D eigenvalue weighted by Gasteiger charge is 2.32. The Morgan fingerprint density at radius 2 is 1.91 bits per heavy atom. The van der Waals surface area contributed by atoms with Crippen LogP contribution in [0.15, 0.2) is 30.5 Å². The molecule has 0 radical (unpaired) electrons. The Labute approximate surface area is 216 Å². The van der Waals surface area contributed by atoms with Gasteiger partial charge in [0, 0.05) is 54.9 Å². The van der Waals surface area contributed by atoms with E-state index in [1.807, 2.05) is 4.57 Å². The van der Waals surface area contributed by atoms with E-state index < -0.39 is 19.7 Å². The molecule has 1 saturated carbocycles. The van der Waals surface area contributed by atoms with E-state index in [-0.39, 0.29) is 11.3 Å². The van der Waals surface area contributed by atoms with E-state index in [0.717, 1.165) is 30.2 Å². The second kappa shape index (κ2) is 9.25. The summed E-state index contributed by atoms with van der Waals surface area (Å²) in [6.45, 7) is 8.03. The standard InChI is InChI=1S/C24H27F2IN6OSi/c1-35(2,3)11-10-34-13-33-22(14-4-5-14)30-31-23(33)21-18-9-6-15(12-32(18)24(27)29-21)19-16(25)7-8-17(28)20(19)26/h6-9,12,14H,4-5,10-11,13,28H2,1-3H3. The summed E-state index contributed by atoms with van der Waals surface area (Å²) in [5, 5.41) is 8.96. The van der Waals surface area contributed by atoms with Gasteiger partial charge in [-0.05, 0) is 37.1 Å². The van der Waals surface area contributed by atoms with Gasteiger partial charge in [0.2, 0.25) is 0 Å². The number of nitrogens with zero attached hydrogens (tertiary/aromatic N) is 5. The van der Waals surface area contributed by atoms with Crippen molar-refractivity contribution in [3.63, 3.8) is 0 Å². The predicted molar refractivity (Wildman–Crippen MR) is 143 cm³/mol. The Hall–Kier alpha value is -2.38. The van der Waals surface area contributed by atoms with Crippen molar-refractivity contribution in [1.29, 1.82) is 0 Å². The lowest BCUT2D eigenvalue weighted by Gasteiger charge is -2.16. The second-order valence-corrected chi connectivity index (χ2v) is 16.7. The van der Waals surface area contributed by atoms with Gasteiger partial charge in [0.05, 0.1) is 16.8 Å². The largest absolute Gasteiger partial charge is 0.396 e. The van der Waals surface area contributed by atoms with Gasteiger partial charge in [-0.25, -0.2) is 13.8 Å². The molecule has 0 saturated heterocycles. The minimum Gasteiger partial charge on any atom is -0.396 e. The van der Waals surface area contributed by atoms with Crippen molar-refractivity contribution >= 4 is 41.9 Å². The zero-order valence-electron chi connectivity index (χ0n) is 19.9. The first-order valence-corrected chi connectivity index (χ1v) is 16.4. The summed E-state index contributed by atoms with van der Waals surface area (Å²) in [5.41, 5.74) is 7.21. The minimum absolute atomic E-state index is 0.0997. The third-order valence-electron chi connectivity index (χ3n) is 6.15. The molecule has 1 aliphatic rings. The lowest BCUT2D eigenvalue weighted by molar-refractivity contribution is 0.0860. The average Bonchev–Trinajstić information content (AvgIpc) is 3.48. The van der Waals surface area contributed by atoms with E-state index >= 15 is 0 Å². The fraction of sp³-hybridized carbons (Fsp3) is 0.375. The molecule has 0 amide bonds. The van der Waals surface area contributed by atoms with Gasteiger partial charge in [0.15, 0.2) is 15.5 Å². The van der Waals surface area contributed by atoms with Gasteiger partial charge in [0.1, 0.15) is 24.1 Å². The summed E-state index contributed by atoms with van der Waals surface area (Å²) in [6.07, 6.45) is 3.85. The Balaban J connectivity index is 1.53. The van der Waals surface area contributed by atoms with Gasteiger partial charge >= 0.3 is 0 Å². The lowest BCUT2D eigenvalue weighted by Crippen LogP contribution is -2.22. The van der Waals surface area contributed by atoms with Crippen molar-refractivity contribution in [3.05, 3.63) is 51.8 Å². The third kappa shape index (κ3) is 4.85. The molecule has 35 heavy (non-hydrogen) atoms. The van der Waals surface area contributed by atoms with Crippen LogP contribution in [0.5, 0.6) is 0 Å². The molecule has 0 atom stereocenters. The van der Waals surface area contributed by atoms with Gasteiger partial charge in [-0.15, -0.1) is 10.2 Å². The van der Waals surface area contributed by atoms with Crippen molar-refractivity contribution in [2.45, 2.75) is 51.2 Å². The minimum atomic E-state index is -1.20. The number of nitrogen functional groups attached to an aromatic ring is 1. The molecule has 1 fully saturated rings. The van der Waals surface area contributed by atoms with Crippen LogP contribution in [0.25, 0.3) is 28.2 Å². The van der Waals surface area contributed by atoms with Crippen LogP contribution in [-0.2, 0) is 11.5 Å². The summed E-state index contributed by atoms with van der Waals surface area (Å²) in [6, 6.07) is 6.94. The van der Waals surface area contributed by atoms with Crippen molar-refractivity contribution in [1.82, 2.24) is 24.1 Å². The molecule has 0 spiro atoms. The normalized spacial score (nSPS) is 14.2. The smallest absolute Gasteiger partial charge is 0.186 e. The SMILES string of the molecule is C[Si](C)(C)CCOCn1c(-c2nc(I)n3cc(-c4c(F)ccc(N)c4F)ccc23)nnc1C1CC1. The molecule has 5 rings (SSSR count). The molecule has 3 heterocycles. The zero-order valence-corrected chi connectivity index (χ0v) is 23.0. The van der Waals surface area contributed by atoms with Gasteiger partial charge in [-0.2, -0.15) is 0 Å². The third-order valence-corrected chi connectivity index (χ3v) is 8.62. The van der Waals surface area contributed by atoms with Crippen LogP contribution >= 0.6 is 22.6 Å². The van der Waals surface area contributed by atoms with Gasteiger partial charge in [-0.1, -0.05) is 25.7 Å². The van der Waals surface area contributed by atoms with Gasteiger partial charge < -0.3 is 10.5 Å². The fourth-order valence-electron chi connectivity index (χ4n) is 3.99. The zero-order chi connectivity index (χ0) is 24.9. The van der Waals surface area contributed by atoms with E-state index in [1.54, 1.807) is 22.7 Å². The Kier molecular flexibility index (Phi) is 6.42. The number of anilines is 1. The number of fused-ring (bicyclic) bond motifs is 1. The first-order chi connectivity index (χ1) is 16.6. The van der Waals surface area contributed by atoms with Gasteiger partial charge in [0.25, 0.3) is 0 Å². The average molecular weight is 609 g/mol. The number of hydrogen-bond donors (Lipinski definition) is 1. The van der Waals surface area contributed by atoms with Crippen LogP contribution in [0, 0.1) is 15.5 Å². The fourth-order valence-corrected chi connectivity index (χ4v) is 5.39. The number of ether oxygens (including phenoxy) is 1. The predicted octanol–water partition coefficient (Wildman–Crippen LogP) is 5.91. The molecular weight excluding hydrogens is 581 g/mol. The topological polar surface area (TPSA) is 83.3 Å². The van der Waals surface area contributed by atoms with Crippen molar-refractivity contribution in [3.8, 4) is 22.6 Å². The van der Waals surface area contributed by atoms with Gasteiger partial charge in [-0.3, -0.25) is 8.97 Å². The van der Waals surface area contributed by atoms with Crippen LogP contribution < -0.4 is 5.73 Å². The monoisotopic (exact) mass is 608 g/mol. The summed E-state index contributed by atoms with van der Waals surface area (Å²) in [5.74, 6) is 0.504. The molecule has 184 valence electrons. The molecule has 1 aromatic carbocycles. The molecule has 11 heteroatoms. The number of benzene rings is 1. The molecule has 0 bridgehead atoms. The Morgan fingerprint density at radius 3 is 2.63 bits per heavy atom. The number of nitrogens with two attached hydrogens (primary N) is 1. The molecule has 0 aliphatic heterocycles. The Bertz CT molecular complexity index is 1410. The maximum atomic E-state index is 14.7. The highest BCUT2D eigenvalue weighted by molar-refractivity contribution is 14.1. The van der Waals surface area contributed by atoms with Crippen LogP contribution in [0.2, 0.25) is 25.7 Å². The van der Waals surface area contributed by atoms with Crippen molar-refractivity contribution in [2.24, 2.45) is 0 Å². The first-order valence-electron chi connectivity index (χ1n) is 11.6. The quantitative estimate of drug-likeness (QED) is 0.116. The second-order valence-electron chi connectivity index (χ2n) is 10.2. The summed E-state index contributed by atoms with van der Waals surface area (Å²) in [7, 11) is -1.20. The summed E-state index contributed by atoms with van der Waals surface area (Å²) < 4.78 is 39.7. The van der Waals surface area contributed by atoms with E-state index in [1.165, 1.54) is 12.1 Å². The Morgan fingerprint density at radius 1 is 1.14 bits per heavy atom. The lowest BCUT2D eigenvalue weighted by atomic mass is 10.0. The number of hydrogen-bond acceptors (Lipinski definition) is 5. The van der Waals surface area contributed by atoms with E-state index in [0.29, 0.717) is 40.2 Å². The first kappa shape index (κ1) is 24.3. The highest BCUT2D eigenvalue weighted by Crippen LogP contribution is 2.40. The van der Waals surface area contributed by atoms with Crippen LogP contribution in [-0.4, -0.2) is 38.8 Å². The summed E-state index contributed by atoms with van der Waals surface area (Å²) in [4.78, 5) is 4.74. The number of imidazole rings is 1. The molecule has 0 unspecified atom stereocenters. The van der Waals surface area contributed by atoms with Crippen LogP contribution in [0.1, 0.15) is 24.6 Å².